The van der Waals surface area contributed by atoms with Crippen molar-refractivity contribution in [1.82, 2.24) is 4.90 Å². The van der Waals surface area contributed by atoms with Crippen LogP contribution in [0.5, 0.6) is 5.75 Å². The molecule has 0 amide bonds. The Hall–Kier alpha value is -3.57. The average Bonchev–Trinajstić information content (AvgIpc) is 3.21. The van der Waals surface area contributed by atoms with Crippen LogP contribution in [-0.4, -0.2) is 72.9 Å². The number of aryl methyl sites for hydroxylation is 1. The third-order valence-corrected chi connectivity index (χ3v) is 6.51. The van der Waals surface area contributed by atoms with E-state index in [0.717, 1.165) is 30.7 Å². The lowest BCUT2D eigenvalue weighted by Crippen LogP contribution is -2.46. The number of furan rings is 1. The van der Waals surface area contributed by atoms with Crippen molar-refractivity contribution in [1.29, 1.82) is 0 Å². The van der Waals surface area contributed by atoms with Gasteiger partial charge in [-0.1, -0.05) is 18.2 Å². The van der Waals surface area contributed by atoms with Crippen molar-refractivity contribution in [2.75, 3.05) is 44.8 Å². The molecule has 1 aromatic heterocycles. The third kappa shape index (κ3) is 6.80. The van der Waals surface area contributed by atoms with E-state index in [4.69, 9.17) is 33.7 Å². The first-order valence-electron chi connectivity index (χ1n) is 11.6. The van der Waals surface area contributed by atoms with Crippen LogP contribution in [0.2, 0.25) is 0 Å². The van der Waals surface area contributed by atoms with Gasteiger partial charge in [0.05, 0.1) is 24.7 Å². The number of ether oxygens (including phenoxy) is 2. The number of fused-ring (bicyclic) bond motifs is 1. The fraction of sp³-hybridized carbons (Fsp3) is 0.346. The number of para-hydroxylation sites is 1. The van der Waals surface area contributed by atoms with Crippen LogP contribution in [0.25, 0.3) is 11.0 Å². The van der Waals surface area contributed by atoms with Gasteiger partial charge in [0.15, 0.2) is 0 Å². The van der Waals surface area contributed by atoms with Crippen LogP contribution in [0.15, 0.2) is 45.3 Å². The molecule has 1 aliphatic rings. The van der Waals surface area contributed by atoms with Crippen molar-refractivity contribution in [2.45, 2.75) is 20.4 Å². The largest absolute Gasteiger partial charge is 0.496 e. The van der Waals surface area contributed by atoms with Crippen molar-refractivity contribution in [3.05, 3.63) is 57.8 Å². The van der Waals surface area contributed by atoms with E-state index in [9.17, 15) is 4.79 Å². The lowest BCUT2D eigenvalue weighted by atomic mass is 10.1. The van der Waals surface area contributed by atoms with E-state index < -0.39 is 11.9 Å². The van der Waals surface area contributed by atoms with Gasteiger partial charge in [0.25, 0.3) is 0 Å². The predicted octanol–water partition coefficient (Wildman–Crippen LogP) is 4.17. The highest BCUT2D eigenvalue weighted by atomic mass is 79.9. The van der Waals surface area contributed by atoms with Crippen LogP contribution in [0, 0.1) is 6.92 Å². The van der Waals surface area contributed by atoms with Crippen LogP contribution in [0.3, 0.4) is 0 Å². The zero-order valence-corrected chi connectivity index (χ0v) is 22.4. The summed E-state index contributed by atoms with van der Waals surface area (Å²) in [5, 5.41) is 15.5. The maximum atomic E-state index is 12.8. The summed E-state index contributed by atoms with van der Waals surface area (Å²) in [6.45, 7) is 8.47. The van der Waals surface area contributed by atoms with Gasteiger partial charge in [0.2, 0.25) is 0 Å². The molecule has 1 saturated heterocycles. The van der Waals surface area contributed by atoms with Crippen LogP contribution in [0.4, 0.5) is 5.69 Å². The number of methoxy groups -OCH3 is 1. The predicted molar refractivity (Wildman–Crippen MR) is 140 cm³/mol. The molecule has 11 heteroatoms. The third-order valence-electron chi connectivity index (χ3n) is 5.89. The van der Waals surface area contributed by atoms with Crippen LogP contribution in [0.1, 0.15) is 28.6 Å². The van der Waals surface area contributed by atoms with Gasteiger partial charge in [-0.2, -0.15) is 0 Å². The molecule has 0 saturated carbocycles. The van der Waals surface area contributed by atoms with Crippen molar-refractivity contribution in [3.63, 3.8) is 0 Å². The Morgan fingerprint density at radius 1 is 1.05 bits per heavy atom. The first-order valence-corrected chi connectivity index (χ1v) is 12.4. The van der Waals surface area contributed by atoms with Crippen molar-refractivity contribution >= 4 is 50.5 Å². The number of carbonyl (C=O) groups is 3. The SMILES string of the molecule is CCOC(=O)c1c(CN2CCN(c3ccccc3C)CC2)oc2cc(Br)c(OC)cc12.O=C(O)C(=O)O. The van der Waals surface area contributed by atoms with Gasteiger partial charge in [0, 0.05) is 37.3 Å². The van der Waals surface area contributed by atoms with Gasteiger partial charge in [-0.05, 0) is 53.5 Å². The lowest BCUT2D eigenvalue weighted by molar-refractivity contribution is -0.159. The summed E-state index contributed by atoms with van der Waals surface area (Å²) in [6.07, 6.45) is 0. The zero-order valence-electron chi connectivity index (χ0n) is 20.8. The smallest absolute Gasteiger partial charge is 0.414 e. The van der Waals surface area contributed by atoms with Crippen LogP contribution in [-0.2, 0) is 20.9 Å². The second-order valence-corrected chi connectivity index (χ2v) is 9.12. The van der Waals surface area contributed by atoms with Gasteiger partial charge < -0.3 is 29.0 Å². The number of benzene rings is 2. The standard InChI is InChI=1S/C24H27BrN2O4.C2H2O4/c1-4-30-24(28)23-17-13-21(29-3)18(25)14-20(17)31-22(23)15-26-9-11-27(12-10-26)19-8-6-5-7-16(19)2;3-1(4)2(5)6/h5-8,13-14H,4,9-12,15H2,1-3H3;(H,3,4)(H,5,6). The van der Waals surface area contributed by atoms with Crippen molar-refractivity contribution < 1.29 is 38.5 Å². The molecule has 198 valence electrons. The molecule has 1 fully saturated rings. The lowest BCUT2D eigenvalue weighted by Gasteiger charge is -2.36. The number of carboxylic acid groups (broad SMARTS) is 2. The van der Waals surface area contributed by atoms with Crippen molar-refractivity contribution in [2.24, 2.45) is 0 Å². The molecule has 0 aliphatic carbocycles. The number of hydrogen-bond acceptors (Lipinski definition) is 8. The van der Waals surface area contributed by atoms with E-state index in [1.807, 2.05) is 19.1 Å². The van der Waals surface area contributed by atoms with Crippen molar-refractivity contribution in [3.8, 4) is 5.75 Å². The minimum atomic E-state index is -1.82. The van der Waals surface area contributed by atoms with E-state index in [1.165, 1.54) is 11.3 Å². The summed E-state index contributed by atoms with van der Waals surface area (Å²) in [4.78, 5) is 35.7. The van der Waals surface area contributed by atoms with Gasteiger partial charge in [-0.25, -0.2) is 14.4 Å². The highest BCUT2D eigenvalue weighted by molar-refractivity contribution is 9.10. The minimum absolute atomic E-state index is 0.313. The number of nitrogens with zero attached hydrogens (tertiary/aromatic N) is 2. The molecule has 1 aliphatic heterocycles. The Labute approximate surface area is 222 Å². The van der Waals surface area contributed by atoms with E-state index >= 15 is 0 Å². The summed E-state index contributed by atoms with van der Waals surface area (Å²) in [7, 11) is 1.60. The highest BCUT2D eigenvalue weighted by Gasteiger charge is 2.26. The van der Waals surface area contributed by atoms with E-state index in [1.54, 1.807) is 7.11 Å². The number of carbonyl (C=O) groups excluding carboxylic acids is 1. The Morgan fingerprint density at radius 2 is 1.70 bits per heavy atom. The fourth-order valence-electron chi connectivity index (χ4n) is 4.11. The molecular formula is C26H29BrN2O8. The quantitative estimate of drug-likeness (QED) is 0.325. The summed E-state index contributed by atoms with van der Waals surface area (Å²) < 4.78 is 17.7. The molecule has 0 unspecified atom stereocenters. The summed E-state index contributed by atoms with van der Waals surface area (Å²) >= 11 is 3.50. The molecule has 2 heterocycles. The molecule has 0 bridgehead atoms. The van der Waals surface area contributed by atoms with Gasteiger partial charge in [-0.15, -0.1) is 0 Å². The molecule has 0 spiro atoms. The van der Waals surface area contributed by atoms with Gasteiger partial charge in [0.1, 0.15) is 22.7 Å². The maximum absolute atomic E-state index is 12.8. The molecule has 4 rings (SSSR count). The molecule has 0 atom stereocenters. The van der Waals surface area contributed by atoms with Crippen LogP contribution >= 0.6 is 15.9 Å². The number of carboxylic acids is 2. The first-order chi connectivity index (χ1) is 17.7. The summed E-state index contributed by atoms with van der Waals surface area (Å²) in [6, 6.07) is 12.1. The number of rotatable bonds is 6. The molecule has 0 radical (unpaired) electrons. The first kappa shape index (κ1) is 28.0. The monoisotopic (exact) mass is 576 g/mol. The minimum Gasteiger partial charge on any atom is -0.496 e. The topological polar surface area (TPSA) is 130 Å². The molecule has 37 heavy (non-hydrogen) atoms. The van der Waals surface area contributed by atoms with E-state index in [2.05, 4.69) is 56.9 Å². The molecule has 10 nitrogen and oxygen atoms in total. The number of aliphatic carboxylic acids is 2. The molecule has 2 N–H and O–H groups in total. The fourth-order valence-corrected chi connectivity index (χ4v) is 4.60. The highest BCUT2D eigenvalue weighted by Crippen LogP contribution is 2.36. The Kier molecular flexibility index (Phi) is 9.54. The van der Waals surface area contributed by atoms with Gasteiger partial charge >= 0.3 is 17.9 Å². The molecule has 2 aromatic carbocycles. The number of hydrogen-bond donors (Lipinski definition) is 2. The molecule has 3 aromatic rings. The summed E-state index contributed by atoms with van der Waals surface area (Å²) in [5.74, 6) is -2.72. The van der Waals surface area contributed by atoms with E-state index in [-0.39, 0.29) is 5.97 Å². The Bertz CT molecular complexity index is 1270. The number of anilines is 1. The van der Waals surface area contributed by atoms with Crippen LogP contribution < -0.4 is 9.64 Å². The average molecular weight is 577 g/mol. The zero-order chi connectivity index (χ0) is 27.1. The second kappa shape index (κ2) is 12.6. The second-order valence-electron chi connectivity index (χ2n) is 8.26. The maximum Gasteiger partial charge on any atom is 0.414 e. The van der Waals surface area contributed by atoms with Gasteiger partial charge in [-0.3, -0.25) is 4.90 Å². The summed E-state index contributed by atoms with van der Waals surface area (Å²) in [5.41, 5.74) is 3.71. The Balaban J connectivity index is 0.000000568. The molecular weight excluding hydrogens is 548 g/mol. The normalized spacial score (nSPS) is 13.6. The number of piperazine rings is 1. The van der Waals surface area contributed by atoms with E-state index in [0.29, 0.717) is 41.2 Å². The number of esters is 1. The number of halogens is 1. The Morgan fingerprint density at radius 3 is 2.27 bits per heavy atom.